The molecule has 0 aliphatic rings. The Hall–Kier alpha value is -1.19. The third-order valence-corrected chi connectivity index (χ3v) is 2.92. The van der Waals surface area contributed by atoms with Crippen LogP contribution in [0.1, 0.15) is 56.2 Å². The molecule has 0 fully saturated rings. The van der Waals surface area contributed by atoms with E-state index in [-0.39, 0.29) is 11.8 Å². The minimum Gasteiger partial charge on any atom is -0.496 e. The van der Waals surface area contributed by atoms with Gasteiger partial charge in [-0.15, -0.1) is 0 Å². The van der Waals surface area contributed by atoms with Gasteiger partial charge in [0.1, 0.15) is 5.75 Å². The van der Waals surface area contributed by atoms with Crippen LogP contribution in [0, 0.1) is 0 Å². The maximum Gasteiger partial charge on any atom is 0.416 e. The minimum absolute atomic E-state index is 0.0141. The number of halogens is 3. The largest absolute Gasteiger partial charge is 0.496 e. The van der Waals surface area contributed by atoms with E-state index in [1.165, 1.54) is 19.2 Å². The molecule has 102 valence electrons. The smallest absolute Gasteiger partial charge is 0.416 e. The summed E-state index contributed by atoms with van der Waals surface area (Å²) in [6, 6.07) is 2.38. The Morgan fingerprint density at radius 3 is 1.56 bits per heavy atom. The van der Waals surface area contributed by atoms with Crippen molar-refractivity contribution in [3.8, 4) is 5.75 Å². The molecule has 0 saturated heterocycles. The van der Waals surface area contributed by atoms with Gasteiger partial charge in [-0.3, -0.25) is 0 Å². The van der Waals surface area contributed by atoms with Crippen molar-refractivity contribution in [2.24, 2.45) is 0 Å². The first-order chi connectivity index (χ1) is 8.18. The van der Waals surface area contributed by atoms with Gasteiger partial charge in [0.2, 0.25) is 0 Å². The fourth-order valence-electron chi connectivity index (χ4n) is 1.93. The molecule has 0 atom stereocenters. The summed E-state index contributed by atoms with van der Waals surface area (Å²) in [5, 5.41) is 0. The highest BCUT2D eigenvalue weighted by Gasteiger charge is 2.33. The lowest BCUT2D eigenvalue weighted by atomic mass is 9.91. The highest BCUT2D eigenvalue weighted by atomic mass is 19.4. The second kappa shape index (κ2) is 5.21. The van der Waals surface area contributed by atoms with Gasteiger partial charge >= 0.3 is 6.18 Å². The van der Waals surface area contributed by atoms with E-state index in [0.29, 0.717) is 16.9 Å². The number of hydrogen-bond acceptors (Lipinski definition) is 1. The molecule has 0 amide bonds. The van der Waals surface area contributed by atoms with Crippen molar-refractivity contribution in [2.45, 2.75) is 45.7 Å². The van der Waals surface area contributed by atoms with Gasteiger partial charge in [-0.1, -0.05) is 27.7 Å². The van der Waals surface area contributed by atoms with Crippen LogP contribution in [-0.4, -0.2) is 7.11 Å². The minimum atomic E-state index is -4.32. The van der Waals surface area contributed by atoms with Gasteiger partial charge in [0.25, 0.3) is 0 Å². The van der Waals surface area contributed by atoms with Crippen molar-refractivity contribution in [1.29, 1.82) is 0 Å². The predicted molar refractivity (Wildman–Crippen MR) is 66.2 cm³/mol. The van der Waals surface area contributed by atoms with Crippen molar-refractivity contribution >= 4 is 0 Å². The Labute approximate surface area is 106 Å². The summed E-state index contributed by atoms with van der Waals surface area (Å²) in [5.74, 6) is 0.549. The number of methoxy groups -OCH3 is 1. The highest BCUT2D eigenvalue weighted by Crippen LogP contribution is 2.40. The van der Waals surface area contributed by atoms with Gasteiger partial charge in [-0.05, 0) is 35.1 Å². The molecule has 0 bridgehead atoms. The fourth-order valence-corrected chi connectivity index (χ4v) is 1.93. The highest BCUT2D eigenvalue weighted by molar-refractivity contribution is 5.48. The van der Waals surface area contributed by atoms with Gasteiger partial charge in [0, 0.05) is 0 Å². The lowest BCUT2D eigenvalue weighted by Crippen LogP contribution is -2.10. The fraction of sp³-hybridized carbons (Fsp3) is 0.571. The molecule has 0 aromatic heterocycles. The molecule has 0 heterocycles. The van der Waals surface area contributed by atoms with Crippen LogP contribution in [0.4, 0.5) is 13.2 Å². The topological polar surface area (TPSA) is 9.23 Å². The van der Waals surface area contributed by atoms with E-state index in [1.807, 2.05) is 27.7 Å². The third-order valence-electron chi connectivity index (χ3n) is 2.92. The summed E-state index contributed by atoms with van der Waals surface area (Å²) in [7, 11) is 1.50. The van der Waals surface area contributed by atoms with E-state index in [1.54, 1.807) is 0 Å². The maximum absolute atomic E-state index is 12.9. The van der Waals surface area contributed by atoms with Crippen LogP contribution in [0.2, 0.25) is 0 Å². The Morgan fingerprint density at radius 1 is 0.944 bits per heavy atom. The number of rotatable bonds is 3. The van der Waals surface area contributed by atoms with E-state index in [9.17, 15) is 13.2 Å². The van der Waals surface area contributed by atoms with Crippen molar-refractivity contribution in [3.63, 3.8) is 0 Å². The molecule has 0 aliphatic heterocycles. The zero-order chi connectivity index (χ0) is 14.1. The summed E-state index contributed by atoms with van der Waals surface area (Å²) < 4.78 is 43.9. The molecule has 0 radical (unpaired) electrons. The molecule has 1 aromatic rings. The van der Waals surface area contributed by atoms with Crippen LogP contribution in [-0.2, 0) is 6.18 Å². The van der Waals surface area contributed by atoms with Crippen LogP contribution >= 0.6 is 0 Å². The monoisotopic (exact) mass is 260 g/mol. The quantitative estimate of drug-likeness (QED) is 0.746. The molecule has 18 heavy (non-hydrogen) atoms. The van der Waals surface area contributed by atoms with Crippen molar-refractivity contribution in [1.82, 2.24) is 0 Å². The Balaban J connectivity index is 3.54. The Morgan fingerprint density at radius 2 is 1.33 bits per heavy atom. The summed E-state index contributed by atoms with van der Waals surface area (Å²) in [6.07, 6.45) is -4.32. The molecule has 0 N–H and O–H groups in total. The van der Waals surface area contributed by atoms with Crippen LogP contribution in [0.15, 0.2) is 12.1 Å². The lowest BCUT2D eigenvalue weighted by Gasteiger charge is -2.21. The molecule has 1 rings (SSSR count). The van der Waals surface area contributed by atoms with Crippen molar-refractivity contribution < 1.29 is 17.9 Å². The molecule has 0 unspecified atom stereocenters. The second-order valence-electron chi connectivity index (χ2n) is 5.00. The van der Waals surface area contributed by atoms with Crippen molar-refractivity contribution in [2.75, 3.05) is 7.11 Å². The molecule has 0 spiro atoms. The van der Waals surface area contributed by atoms with Crippen LogP contribution in [0.3, 0.4) is 0 Å². The number of alkyl halides is 3. The lowest BCUT2D eigenvalue weighted by molar-refractivity contribution is -0.137. The van der Waals surface area contributed by atoms with Gasteiger partial charge < -0.3 is 4.74 Å². The van der Waals surface area contributed by atoms with E-state index < -0.39 is 11.7 Å². The van der Waals surface area contributed by atoms with Crippen LogP contribution < -0.4 is 4.74 Å². The molecule has 4 heteroatoms. The Bertz CT molecular complexity index is 391. The standard InChI is InChI=1S/C14H19F3O/c1-8(2)11-6-10(14(15,16)17)7-12(9(3)4)13(11)18-5/h6-9H,1-5H3. The third kappa shape index (κ3) is 2.98. The molecule has 1 aromatic carbocycles. The number of hydrogen-bond donors (Lipinski definition) is 0. The average molecular weight is 260 g/mol. The average Bonchev–Trinajstić information content (AvgIpc) is 2.25. The van der Waals surface area contributed by atoms with E-state index in [2.05, 4.69) is 0 Å². The molecular formula is C14H19F3O. The first kappa shape index (κ1) is 14.9. The van der Waals surface area contributed by atoms with Crippen LogP contribution in [0.25, 0.3) is 0 Å². The Kier molecular flexibility index (Phi) is 4.30. The summed E-state index contributed by atoms with van der Waals surface area (Å²) in [4.78, 5) is 0. The van der Waals surface area contributed by atoms with E-state index >= 15 is 0 Å². The van der Waals surface area contributed by atoms with E-state index in [4.69, 9.17) is 4.74 Å². The first-order valence-corrected chi connectivity index (χ1v) is 5.97. The molecular weight excluding hydrogens is 241 g/mol. The van der Waals surface area contributed by atoms with Gasteiger partial charge in [-0.2, -0.15) is 13.2 Å². The number of benzene rings is 1. The molecule has 1 nitrogen and oxygen atoms in total. The van der Waals surface area contributed by atoms with Gasteiger partial charge in [0.05, 0.1) is 12.7 Å². The van der Waals surface area contributed by atoms with Crippen molar-refractivity contribution in [3.05, 3.63) is 28.8 Å². The first-order valence-electron chi connectivity index (χ1n) is 5.97. The molecule has 0 aliphatic carbocycles. The number of ether oxygens (including phenoxy) is 1. The maximum atomic E-state index is 12.9. The summed E-state index contributed by atoms with van der Waals surface area (Å²) >= 11 is 0. The zero-order valence-corrected chi connectivity index (χ0v) is 11.4. The molecule has 0 saturated carbocycles. The predicted octanol–water partition coefficient (Wildman–Crippen LogP) is 4.96. The zero-order valence-electron chi connectivity index (χ0n) is 11.4. The van der Waals surface area contributed by atoms with Crippen LogP contribution in [0.5, 0.6) is 5.75 Å². The second-order valence-corrected chi connectivity index (χ2v) is 5.00. The van der Waals surface area contributed by atoms with Gasteiger partial charge in [-0.25, -0.2) is 0 Å². The van der Waals surface area contributed by atoms with E-state index in [0.717, 1.165) is 0 Å². The SMILES string of the molecule is COc1c(C(C)C)cc(C(F)(F)F)cc1C(C)C. The normalized spacial score (nSPS) is 12.3. The van der Waals surface area contributed by atoms with Gasteiger partial charge in [0.15, 0.2) is 0 Å². The summed E-state index contributed by atoms with van der Waals surface area (Å²) in [5.41, 5.74) is 0.614. The summed E-state index contributed by atoms with van der Waals surface area (Å²) in [6.45, 7) is 7.45.